The summed E-state index contributed by atoms with van der Waals surface area (Å²) in [5, 5.41) is 0. The van der Waals surface area contributed by atoms with Crippen LogP contribution in [0.3, 0.4) is 0 Å². The summed E-state index contributed by atoms with van der Waals surface area (Å²) in [7, 11) is 0. The van der Waals surface area contributed by atoms with Crippen molar-refractivity contribution in [2.45, 2.75) is 19.8 Å². The Morgan fingerprint density at radius 3 is 2.47 bits per heavy atom. The summed E-state index contributed by atoms with van der Waals surface area (Å²) in [5.74, 6) is -0.254. The van der Waals surface area contributed by atoms with Gasteiger partial charge in [0.25, 0.3) is 0 Å². The normalized spacial score (nSPS) is 18.2. The molecule has 0 atom stereocenters. The van der Waals surface area contributed by atoms with E-state index in [1.165, 1.54) is 12.1 Å². The van der Waals surface area contributed by atoms with E-state index in [-0.39, 0.29) is 0 Å². The molecule has 2 rings (SSSR count). The van der Waals surface area contributed by atoms with Gasteiger partial charge in [-0.05, 0) is 30.9 Å². The number of hydrogen-bond acceptors (Lipinski definition) is 1. The van der Waals surface area contributed by atoms with Gasteiger partial charge in [0.15, 0.2) is 0 Å². The summed E-state index contributed by atoms with van der Waals surface area (Å²) in [6.07, 6.45) is 2.16. The predicted molar refractivity (Wildman–Crippen MR) is 57.0 cm³/mol. The summed E-state index contributed by atoms with van der Waals surface area (Å²) in [6, 6.07) is 3.80. The van der Waals surface area contributed by atoms with Gasteiger partial charge in [-0.2, -0.15) is 0 Å². The van der Waals surface area contributed by atoms with Crippen molar-refractivity contribution in [1.82, 2.24) is 0 Å². The topological polar surface area (TPSA) is 3.24 Å². The minimum atomic E-state index is -0.512. The first-order chi connectivity index (χ1) is 7.16. The highest BCUT2D eigenvalue weighted by Crippen LogP contribution is 2.25. The summed E-state index contributed by atoms with van der Waals surface area (Å²) in [5.41, 5.74) is 0.531. The molecule has 3 heteroatoms. The van der Waals surface area contributed by atoms with Gasteiger partial charge < -0.3 is 4.90 Å². The van der Waals surface area contributed by atoms with Gasteiger partial charge in [0.05, 0.1) is 5.69 Å². The van der Waals surface area contributed by atoms with E-state index >= 15 is 0 Å². The summed E-state index contributed by atoms with van der Waals surface area (Å²) >= 11 is 0. The number of halogens is 2. The largest absolute Gasteiger partial charge is 0.369 e. The number of rotatable bonds is 1. The van der Waals surface area contributed by atoms with E-state index in [0.29, 0.717) is 11.6 Å². The molecule has 0 radical (unpaired) electrons. The molecule has 1 aromatic rings. The number of anilines is 1. The lowest BCUT2D eigenvalue weighted by molar-refractivity contribution is 0.434. The SMILES string of the molecule is CC1CCN(c2ccc(F)cc2F)CC1. The third-order valence-electron chi connectivity index (χ3n) is 3.03. The number of piperidine rings is 1. The van der Waals surface area contributed by atoms with Crippen molar-refractivity contribution >= 4 is 5.69 Å². The first kappa shape index (κ1) is 10.4. The van der Waals surface area contributed by atoms with Gasteiger partial charge in [0.1, 0.15) is 11.6 Å². The van der Waals surface area contributed by atoms with Crippen LogP contribution >= 0.6 is 0 Å². The molecule has 1 heterocycles. The molecule has 1 aliphatic rings. The molecule has 0 spiro atoms. The van der Waals surface area contributed by atoms with Crippen molar-refractivity contribution in [3.05, 3.63) is 29.8 Å². The maximum Gasteiger partial charge on any atom is 0.149 e. The molecular weight excluding hydrogens is 196 g/mol. The molecule has 1 aliphatic heterocycles. The summed E-state index contributed by atoms with van der Waals surface area (Å²) < 4.78 is 26.2. The molecule has 0 unspecified atom stereocenters. The van der Waals surface area contributed by atoms with Crippen LogP contribution in [0.25, 0.3) is 0 Å². The fraction of sp³-hybridized carbons (Fsp3) is 0.500. The van der Waals surface area contributed by atoms with Crippen LogP contribution in [0.2, 0.25) is 0 Å². The zero-order chi connectivity index (χ0) is 10.8. The Bertz CT molecular complexity index is 343. The Morgan fingerprint density at radius 2 is 1.87 bits per heavy atom. The van der Waals surface area contributed by atoms with Crippen LogP contribution in [-0.4, -0.2) is 13.1 Å². The molecule has 0 amide bonds. The molecule has 0 aliphatic carbocycles. The first-order valence-electron chi connectivity index (χ1n) is 5.37. The molecule has 15 heavy (non-hydrogen) atoms. The van der Waals surface area contributed by atoms with Gasteiger partial charge in [-0.3, -0.25) is 0 Å². The zero-order valence-corrected chi connectivity index (χ0v) is 8.84. The van der Waals surface area contributed by atoms with Crippen molar-refractivity contribution < 1.29 is 8.78 Å². The van der Waals surface area contributed by atoms with Crippen molar-refractivity contribution in [3.63, 3.8) is 0 Å². The number of nitrogens with zero attached hydrogens (tertiary/aromatic N) is 1. The fourth-order valence-electron chi connectivity index (χ4n) is 1.99. The second kappa shape index (κ2) is 4.17. The van der Waals surface area contributed by atoms with Crippen molar-refractivity contribution in [1.29, 1.82) is 0 Å². The van der Waals surface area contributed by atoms with E-state index in [4.69, 9.17) is 0 Å². The molecule has 1 fully saturated rings. The predicted octanol–water partition coefficient (Wildman–Crippen LogP) is 3.20. The minimum absolute atomic E-state index is 0.454. The minimum Gasteiger partial charge on any atom is -0.369 e. The summed E-state index contributed by atoms with van der Waals surface area (Å²) in [6.45, 7) is 3.94. The molecule has 0 aromatic heterocycles. The third kappa shape index (κ3) is 2.28. The standard InChI is InChI=1S/C12H15F2N/c1-9-4-6-15(7-5-9)12-3-2-10(13)8-11(12)14/h2-3,8-9H,4-7H2,1H3. The van der Waals surface area contributed by atoms with Crippen LogP contribution in [0.1, 0.15) is 19.8 Å². The van der Waals surface area contributed by atoms with E-state index in [1.807, 2.05) is 4.90 Å². The Hall–Kier alpha value is -1.12. The molecule has 1 aromatic carbocycles. The van der Waals surface area contributed by atoms with Crippen LogP contribution in [-0.2, 0) is 0 Å². The Morgan fingerprint density at radius 1 is 1.20 bits per heavy atom. The average Bonchev–Trinajstić information content (AvgIpc) is 2.20. The van der Waals surface area contributed by atoms with E-state index in [0.717, 1.165) is 32.0 Å². The van der Waals surface area contributed by atoms with E-state index in [2.05, 4.69) is 6.92 Å². The van der Waals surface area contributed by atoms with Gasteiger partial charge in [0, 0.05) is 19.2 Å². The van der Waals surface area contributed by atoms with Crippen molar-refractivity contribution in [2.24, 2.45) is 5.92 Å². The molecule has 1 nitrogen and oxygen atoms in total. The first-order valence-corrected chi connectivity index (χ1v) is 5.37. The van der Waals surface area contributed by atoms with Crippen LogP contribution < -0.4 is 4.90 Å². The maximum atomic E-state index is 13.5. The van der Waals surface area contributed by atoms with Gasteiger partial charge >= 0.3 is 0 Å². The molecular formula is C12H15F2N. The highest BCUT2D eigenvalue weighted by Gasteiger charge is 2.18. The van der Waals surface area contributed by atoms with Gasteiger partial charge in [0.2, 0.25) is 0 Å². The summed E-state index contributed by atoms with van der Waals surface area (Å²) in [4.78, 5) is 1.99. The molecule has 1 saturated heterocycles. The van der Waals surface area contributed by atoms with Gasteiger partial charge in [-0.25, -0.2) is 8.78 Å². The number of hydrogen-bond donors (Lipinski definition) is 0. The van der Waals surface area contributed by atoms with E-state index in [9.17, 15) is 8.78 Å². The Balaban J connectivity index is 2.15. The lowest BCUT2D eigenvalue weighted by Crippen LogP contribution is -2.33. The maximum absolute atomic E-state index is 13.5. The quantitative estimate of drug-likeness (QED) is 0.689. The van der Waals surface area contributed by atoms with E-state index < -0.39 is 11.6 Å². The molecule has 0 N–H and O–H groups in total. The third-order valence-corrected chi connectivity index (χ3v) is 3.03. The smallest absolute Gasteiger partial charge is 0.149 e. The highest BCUT2D eigenvalue weighted by atomic mass is 19.1. The monoisotopic (exact) mass is 211 g/mol. The average molecular weight is 211 g/mol. The van der Waals surface area contributed by atoms with Crippen LogP contribution in [0.15, 0.2) is 18.2 Å². The second-order valence-corrected chi connectivity index (χ2v) is 4.27. The lowest BCUT2D eigenvalue weighted by atomic mass is 9.99. The van der Waals surface area contributed by atoms with Crippen LogP contribution in [0.5, 0.6) is 0 Å². The van der Waals surface area contributed by atoms with Gasteiger partial charge in [-0.15, -0.1) is 0 Å². The zero-order valence-electron chi connectivity index (χ0n) is 8.84. The fourth-order valence-corrected chi connectivity index (χ4v) is 1.99. The van der Waals surface area contributed by atoms with Crippen LogP contribution in [0, 0.1) is 17.6 Å². The Kier molecular flexibility index (Phi) is 2.89. The van der Waals surface area contributed by atoms with Gasteiger partial charge in [-0.1, -0.05) is 6.92 Å². The highest BCUT2D eigenvalue weighted by molar-refractivity contribution is 5.48. The van der Waals surface area contributed by atoms with Crippen molar-refractivity contribution in [2.75, 3.05) is 18.0 Å². The van der Waals surface area contributed by atoms with Crippen molar-refractivity contribution in [3.8, 4) is 0 Å². The molecule has 82 valence electrons. The molecule has 0 saturated carbocycles. The molecule has 0 bridgehead atoms. The van der Waals surface area contributed by atoms with E-state index in [1.54, 1.807) is 0 Å². The van der Waals surface area contributed by atoms with Crippen LogP contribution in [0.4, 0.5) is 14.5 Å². The number of benzene rings is 1. The second-order valence-electron chi connectivity index (χ2n) is 4.27. The lowest BCUT2D eigenvalue weighted by Gasteiger charge is -2.32. The Labute approximate surface area is 88.7 Å².